The zero-order valence-electron chi connectivity index (χ0n) is 18.4. The van der Waals surface area contributed by atoms with Crippen molar-refractivity contribution in [3.8, 4) is 5.75 Å². The molecule has 0 spiro atoms. The normalized spacial score (nSPS) is 20.6. The van der Waals surface area contributed by atoms with Gasteiger partial charge in [-0.25, -0.2) is 0 Å². The predicted molar refractivity (Wildman–Crippen MR) is 130 cm³/mol. The van der Waals surface area contributed by atoms with E-state index in [1.54, 1.807) is 30.6 Å². The molecule has 3 N–H and O–H groups in total. The van der Waals surface area contributed by atoms with Crippen molar-refractivity contribution in [1.29, 1.82) is 0 Å². The summed E-state index contributed by atoms with van der Waals surface area (Å²) in [5.41, 5.74) is 1.00. The second-order valence-electron chi connectivity index (χ2n) is 8.23. The largest absolute Gasteiger partial charge is 0.497 e. The van der Waals surface area contributed by atoms with Crippen molar-refractivity contribution in [3.63, 3.8) is 0 Å². The number of carbonyl (C=O) groups is 2. The van der Waals surface area contributed by atoms with Crippen LogP contribution in [0.1, 0.15) is 37.7 Å². The van der Waals surface area contributed by atoms with Crippen LogP contribution >= 0.6 is 23.5 Å². The second-order valence-corrected chi connectivity index (χ2v) is 10.6. The van der Waals surface area contributed by atoms with Crippen molar-refractivity contribution in [1.82, 2.24) is 16.0 Å². The van der Waals surface area contributed by atoms with Crippen LogP contribution in [0, 0.1) is 5.92 Å². The van der Waals surface area contributed by atoms with Crippen LogP contribution in [0.2, 0.25) is 0 Å². The topological polar surface area (TPSA) is 79.5 Å². The van der Waals surface area contributed by atoms with Gasteiger partial charge in [-0.2, -0.15) is 11.8 Å². The maximum Gasteiger partial charge on any atom is 0.243 e. The van der Waals surface area contributed by atoms with E-state index in [2.05, 4.69) is 16.0 Å². The van der Waals surface area contributed by atoms with Crippen LogP contribution in [0.5, 0.6) is 5.75 Å². The van der Waals surface area contributed by atoms with Gasteiger partial charge < -0.3 is 20.7 Å². The first-order valence-electron chi connectivity index (χ1n) is 11.3. The number of nitrogens with one attached hydrogen (secondary N) is 3. The summed E-state index contributed by atoms with van der Waals surface area (Å²) in [4.78, 5) is 25.7. The van der Waals surface area contributed by atoms with Crippen LogP contribution in [0.3, 0.4) is 0 Å². The Hall–Kier alpha value is -1.38. The Kier molecular flexibility index (Phi) is 10.4. The van der Waals surface area contributed by atoms with E-state index in [0.717, 1.165) is 35.3 Å². The van der Waals surface area contributed by atoms with Gasteiger partial charge in [-0.05, 0) is 42.2 Å². The van der Waals surface area contributed by atoms with Crippen LogP contribution in [-0.2, 0) is 16.1 Å². The van der Waals surface area contributed by atoms with Gasteiger partial charge in [0.15, 0.2) is 0 Å². The standard InChI is InChI=1S/C23H35N3O3S2/c1-29-19-9-7-17(8-10-19)13-25-22(27)20(16-30-15-18-5-3-2-4-6-18)26-23(28)21-14-24-11-12-31-21/h7-10,18,20-21,24H,2-6,11-16H2,1H3,(H,25,27)(H,26,28)/t20-,21?/m0/s1. The SMILES string of the molecule is COc1ccc(CNC(=O)[C@H](CSCC2CCCCC2)NC(=O)C2CNCCS2)cc1. The van der Waals surface area contributed by atoms with Crippen LogP contribution in [0.25, 0.3) is 0 Å². The minimum Gasteiger partial charge on any atom is -0.497 e. The van der Waals surface area contributed by atoms with Crippen LogP contribution in [0.4, 0.5) is 0 Å². The van der Waals surface area contributed by atoms with Gasteiger partial charge in [0.25, 0.3) is 0 Å². The van der Waals surface area contributed by atoms with Crippen molar-refractivity contribution in [2.45, 2.75) is 49.9 Å². The summed E-state index contributed by atoms with van der Waals surface area (Å²) in [6.45, 7) is 2.02. The van der Waals surface area contributed by atoms with E-state index in [1.807, 2.05) is 24.3 Å². The molecular weight excluding hydrogens is 430 g/mol. The highest BCUT2D eigenvalue weighted by Gasteiger charge is 2.27. The van der Waals surface area contributed by atoms with Gasteiger partial charge >= 0.3 is 0 Å². The van der Waals surface area contributed by atoms with Gasteiger partial charge in [-0.3, -0.25) is 9.59 Å². The molecule has 1 aromatic rings. The maximum absolute atomic E-state index is 13.0. The minimum absolute atomic E-state index is 0.0416. The lowest BCUT2D eigenvalue weighted by atomic mass is 9.91. The van der Waals surface area contributed by atoms with Crippen LogP contribution < -0.4 is 20.7 Å². The Bertz CT molecular complexity index is 690. The lowest BCUT2D eigenvalue weighted by molar-refractivity contribution is -0.128. The average molecular weight is 466 g/mol. The van der Waals surface area contributed by atoms with Crippen LogP contribution in [-0.4, -0.2) is 60.6 Å². The number of methoxy groups -OCH3 is 1. The first-order valence-corrected chi connectivity index (χ1v) is 13.5. The van der Waals surface area contributed by atoms with Crippen molar-refractivity contribution in [2.75, 3.05) is 37.5 Å². The zero-order valence-corrected chi connectivity index (χ0v) is 20.0. The molecule has 8 heteroatoms. The van der Waals surface area contributed by atoms with E-state index < -0.39 is 6.04 Å². The van der Waals surface area contributed by atoms with Crippen molar-refractivity contribution >= 4 is 35.3 Å². The Morgan fingerprint density at radius 3 is 2.68 bits per heavy atom. The minimum atomic E-state index is -0.512. The number of carbonyl (C=O) groups excluding carboxylic acids is 2. The summed E-state index contributed by atoms with van der Waals surface area (Å²) >= 11 is 3.46. The third-order valence-electron chi connectivity index (χ3n) is 5.84. The van der Waals surface area contributed by atoms with Gasteiger partial charge in [0.2, 0.25) is 11.8 Å². The molecule has 0 aromatic heterocycles. The number of hydrogen-bond donors (Lipinski definition) is 3. The van der Waals surface area contributed by atoms with Gasteiger partial charge in [0.05, 0.1) is 12.4 Å². The highest BCUT2D eigenvalue weighted by Crippen LogP contribution is 2.27. The van der Waals surface area contributed by atoms with Gasteiger partial charge in [0.1, 0.15) is 11.8 Å². The molecule has 2 atom stereocenters. The number of benzene rings is 1. The Morgan fingerprint density at radius 1 is 1.23 bits per heavy atom. The molecule has 2 aliphatic rings. The summed E-state index contributed by atoms with van der Waals surface area (Å²) in [7, 11) is 1.63. The first kappa shape index (κ1) is 24.3. The molecule has 2 fully saturated rings. The fraction of sp³-hybridized carbons (Fsp3) is 0.652. The summed E-state index contributed by atoms with van der Waals surface area (Å²) in [5.74, 6) is 3.98. The van der Waals surface area contributed by atoms with E-state index in [4.69, 9.17) is 4.74 Å². The fourth-order valence-corrected chi connectivity index (χ4v) is 6.22. The Balaban J connectivity index is 1.52. The highest BCUT2D eigenvalue weighted by molar-refractivity contribution is 8.00. The van der Waals surface area contributed by atoms with E-state index in [9.17, 15) is 9.59 Å². The van der Waals surface area contributed by atoms with Crippen LogP contribution in [0.15, 0.2) is 24.3 Å². The number of hydrogen-bond acceptors (Lipinski definition) is 6. The van der Waals surface area contributed by atoms with E-state index in [-0.39, 0.29) is 17.1 Å². The molecule has 172 valence electrons. The van der Waals surface area contributed by atoms with Gasteiger partial charge in [-0.1, -0.05) is 31.4 Å². The number of ether oxygens (including phenoxy) is 1. The molecule has 1 aromatic carbocycles. The number of amides is 2. The molecule has 31 heavy (non-hydrogen) atoms. The van der Waals surface area contributed by atoms with E-state index >= 15 is 0 Å². The molecule has 1 unspecified atom stereocenters. The lowest BCUT2D eigenvalue weighted by Crippen LogP contribution is -2.52. The summed E-state index contributed by atoms with van der Waals surface area (Å²) in [6, 6.07) is 7.13. The first-order chi connectivity index (χ1) is 15.2. The van der Waals surface area contributed by atoms with Crippen molar-refractivity contribution in [2.24, 2.45) is 5.92 Å². The average Bonchev–Trinajstić information content (AvgIpc) is 2.83. The summed E-state index contributed by atoms with van der Waals surface area (Å²) < 4.78 is 5.18. The highest BCUT2D eigenvalue weighted by atomic mass is 32.2. The molecule has 1 aliphatic carbocycles. The monoisotopic (exact) mass is 465 g/mol. The molecule has 6 nitrogen and oxygen atoms in total. The molecule has 1 saturated heterocycles. The van der Waals surface area contributed by atoms with E-state index in [0.29, 0.717) is 18.8 Å². The molecule has 1 saturated carbocycles. The molecule has 1 heterocycles. The Labute approximate surface area is 194 Å². The second kappa shape index (κ2) is 13.2. The summed E-state index contributed by atoms with van der Waals surface area (Å²) in [5, 5.41) is 9.16. The molecule has 3 rings (SSSR count). The van der Waals surface area contributed by atoms with Gasteiger partial charge in [0, 0.05) is 31.1 Å². The van der Waals surface area contributed by atoms with Crippen molar-refractivity contribution in [3.05, 3.63) is 29.8 Å². The lowest BCUT2D eigenvalue weighted by Gasteiger charge is -2.26. The number of thioether (sulfide) groups is 2. The predicted octanol–water partition coefficient (Wildman–Crippen LogP) is 2.81. The fourth-order valence-electron chi connectivity index (χ4n) is 3.94. The van der Waals surface area contributed by atoms with Crippen molar-refractivity contribution < 1.29 is 14.3 Å². The van der Waals surface area contributed by atoms with E-state index in [1.165, 1.54) is 32.1 Å². The third kappa shape index (κ3) is 8.24. The third-order valence-corrected chi connectivity index (χ3v) is 8.34. The zero-order chi connectivity index (χ0) is 21.9. The molecule has 0 bridgehead atoms. The quantitative estimate of drug-likeness (QED) is 0.493. The molecular formula is C23H35N3O3S2. The molecule has 1 aliphatic heterocycles. The summed E-state index contributed by atoms with van der Waals surface area (Å²) in [6.07, 6.45) is 6.57. The van der Waals surface area contributed by atoms with Gasteiger partial charge in [-0.15, -0.1) is 11.8 Å². The number of rotatable bonds is 10. The smallest absolute Gasteiger partial charge is 0.243 e. The Morgan fingerprint density at radius 2 is 2.00 bits per heavy atom. The maximum atomic E-state index is 13.0. The molecule has 0 radical (unpaired) electrons. The molecule has 2 amide bonds.